The van der Waals surface area contributed by atoms with Crippen LogP contribution in [-0.2, 0) is 16.1 Å². The molecule has 0 amide bonds. The summed E-state index contributed by atoms with van der Waals surface area (Å²) in [6.07, 6.45) is 3.35. The van der Waals surface area contributed by atoms with Gasteiger partial charge in [-0.1, -0.05) is 0 Å². The second kappa shape index (κ2) is 8.22. The van der Waals surface area contributed by atoms with Crippen molar-refractivity contribution in [3.8, 4) is 0 Å². The second-order valence-corrected chi connectivity index (χ2v) is 9.24. The minimum Gasteiger partial charge on any atom is -0.459 e. The molecule has 2 aromatic rings. The van der Waals surface area contributed by atoms with Crippen molar-refractivity contribution in [1.82, 2.24) is 9.13 Å². The molecule has 0 unspecified atom stereocenters. The molecule has 2 aromatic heterocycles. The number of alkyl halides is 1. The van der Waals surface area contributed by atoms with E-state index in [0.717, 1.165) is 12.8 Å². The highest BCUT2D eigenvalue weighted by atomic mass is 32.1. The van der Waals surface area contributed by atoms with Gasteiger partial charge in [-0.05, 0) is 52.5 Å². The first-order chi connectivity index (χ1) is 13.6. The minimum atomic E-state index is -0.583. The lowest BCUT2D eigenvalue weighted by atomic mass is 10.2. The van der Waals surface area contributed by atoms with Crippen molar-refractivity contribution in [3.63, 3.8) is 0 Å². The molecule has 0 aliphatic heterocycles. The van der Waals surface area contributed by atoms with Gasteiger partial charge in [0.15, 0.2) is 0 Å². The van der Waals surface area contributed by atoms with Gasteiger partial charge < -0.3 is 4.74 Å². The number of nitrogens with zero attached hydrogens (tertiary/aromatic N) is 3. The van der Waals surface area contributed by atoms with Gasteiger partial charge in [-0.25, -0.2) is 4.79 Å². The number of thiophene rings is 1. The zero-order chi connectivity index (χ0) is 21.3. The average Bonchev–Trinajstić information content (AvgIpc) is 3.38. The second-order valence-electron chi connectivity index (χ2n) is 8.21. The van der Waals surface area contributed by atoms with Crippen molar-refractivity contribution in [1.29, 1.82) is 0 Å². The van der Waals surface area contributed by atoms with Crippen LogP contribution in [0.3, 0.4) is 0 Å². The molecule has 1 fully saturated rings. The number of carbonyl (C=O) groups is 1. The van der Waals surface area contributed by atoms with E-state index in [-0.39, 0.29) is 36.8 Å². The number of aryl methyl sites for hydroxylation is 2. The van der Waals surface area contributed by atoms with Crippen molar-refractivity contribution < 1.29 is 13.9 Å². The van der Waals surface area contributed by atoms with Crippen LogP contribution in [0.4, 0.5) is 4.39 Å². The van der Waals surface area contributed by atoms with Crippen molar-refractivity contribution >= 4 is 33.7 Å². The first-order valence-corrected chi connectivity index (χ1v) is 10.5. The predicted molar refractivity (Wildman–Crippen MR) is 112 cm³/mol. The van der Waals surface area contributed by atoms with Gasteiger partial charge in [0.2, 0.25) is 0 Å². The number of aliphatic imine (C=N–C) groups is 1. The Kier molecular flexibility index (Phi) is 6.07. The summed E-state index contributed by atoms with van der Waals surface area (Å²) in [6, 6.07) is -0.0698. The molecule has 29 heavy (non-hydrogen) atoms. The fraction of sp³-hybridized carbons (Fsp3) is 0.600. The van der Waals surface area contributed by atoms with Gasteiger partial charge in [0.25, 0.3) is 5.56 Å². The molecule has 0 spiro atoms. The smallest absolute Gasteiger partial charge is 0.332 e. The molecule has 0 bridgehead atoms. The number of hydrogen-bond acceptors (Lipinski definition) is 6. The molecule has 7 nitrogen and oxygen atoms in total. The van der Waals surface area contributed by atoms with Gasteiger partial charge in [0, 0.05) is 18.8 Å². The Morgan fingerprint density at radius 1 is 1.34 bits per heavy atom. The quantitative estimate of drug-likeness (QED) is 0.506. The number of carbonyl (C=O) groups excluding carboxylic acids is 1. The van der Waals surface area contributed by atoms with Crippen molar-refractivity contribution in [2.45, 2.75) is 65.1 Å². The maximum atomic E-state index is 13.0. The molecule has 3 rings (SSSR count). The summed E-state index contributed by atoms with van der Waals surface area (Å²) in [5.74, 6) is -0.441. The van der Waals surface area contributed by atoms with E-state index >= 15 is 0 Å². The summed E-state index contributed by atoms with van der Waals surface area (Å²) in [4.78, 5) is 43.1. The molecule has 1 saturated carbocycles. The van der Waals surface area contributed by atoms with Gasteiger partial charge in [-0.15, -0.1) is 11.3 Å². The molecule has 0 saturated heterocycles. The number of aromatic nitrogens is 2. The summed E-state index contributed by atoms with van der Waals surface area (Å²) in [5.41, 5.74) is -0.548. The first kappa shape index (κ1) is 21.4. The van der Waals surface area contributed by atoms with Crippen LogP contribution in [0, 0.1) is 6.92 Å². The third-order valence-electron chi connectivity index (χ3n) is 4.56. The summed E-state index contributed by atoms with van der Waals surface area (Å²) in [7, 11) is 0. The molecule has 0 atom stereocenters. The zero-order valence-electron chi connectivity index (χ0n) is 17.2. The Morgan fingerprint density at radius 3 is 2.62 bits per heavy atom. The van der Waals surface area contributed by atoms with Gasteiger partial charge in [0.1, 0.15) is 17.0 Å². The highest BCUT2D eigenvalue weighted by Gasteiger charge is 2.30. The van der Waals surface area contributed by atoms with Crippen LogP contribution >= 0.6 is 11.3 Å². The summed E-state index contributed by atoms with van der Waals surface area (Å²) < 4.78 is 20.8. The number of hydrogen-bond donors (Lipinski definition) is 0. The van der Waals surface area contributed by atoms with Crippen LogP contribution in [0.5, 0.6) is 0 Å². The van der Waals surface area contributed by atoms with Crippen LogP contribution in [0.1, 0.15) is 56.5 Å². The molecule has 0 N–H and O–H groups in total. The lowest BCUT2D eigenvalue weighted by Gasteiger charge is -2.18. The van der Waals surface area contributed by atoms with Crippen LogP contribution in [0.2, 0.25) is 0 Å². The van der Waals surface area contributed by atoms with E-state index in [1.54, 1.807) is 27.7 Å². The van der Waals surface area contributed by atoms with Crippen molar-refractivity contribution in [2.24, 2.45) is 4.99 Å². The fourth-order valence-corrected chi connectivity index (χ4v) is 4.36. The third-order valence-corrected chi connectivity index (χ3v) is 5.81. The van der Waals surface area contributed by atoms with Gasteiger partial charge in [-0.3, -0.25) is 28.1 Å². The molecule has 0 aromatic carbocycles. The number of halogens is 1. The number of rotatable bonds is 7. The topological polar surface area (TPSA) is 82.7 Å². The Morgan fingerprint density at radius 2 is 2.03 bits per heavy atom. The molecule has 2 heterocycles. The molecule has 0 radical (unpaired) electrons. The highest BCUT2D eigenvalue weighted by molar-refractivity contribution is 7.20. The summed E-state index contributed by atoms with van der Waals surface area (Å²) >= 11 is 1.26. The van der Waals surface area contributed by atoms with Gasteiger partial charge in [0.05, 0.1) is 16.9 Å². The summed E-state index contributed by atoms with van der Waals surface area (Å²) in [6.45, 7) is 6.70. The fourth-order valence-electron chi connectivity index (χ4n) is 3.15. The lowest BCUT2D eigenvalue weighted by Crippen LogP contribution is -2.39. The average molecular weight is 424 g/mol. The summed E-state index contributed by atoms with van der Waals surface area (Å²) in [5, 5.41) is 0.471. The Bertz CT molecular complexity index is 1070. The molecule has 158 valence electrons. The van der Waals surface area contributed by atoms with E-state index in [1.807, 2.05) is 0 Å². The first-order valence-electron chi connectivity index (χ1n) is 9.70. The van der Waals surface area contributed by atoms with Crippen molar-refractivity contribution in [3.05, 3.63) is 31.3 Å². The number of ether oxygens (including phenoxy) is 1. The van der Waals surface area contributed by atoms with Crippen LogP contribution in [-0.4, -0.2) is 40.1 Å². The standard InChI is InChI=1S/C20H26FN3O4S/c1-12-14(10-22-11-15(25)28-20(2,3)4)29-18-16(12)17(26)24(13-6-7-13)19(27)23(18)9-5-8-21/h10,13H,5-9,11H2,1-4H3. The lowest BCUT2D eigenvalue weighted by molar-refractivity contribution is -0.152. The normalized spacial score (nSPS) is 14.8. The van der Waals surface area contributed by atoms with E-state index in [0.29, 0.717) is 20.7 Å². The molecule has 1 aliphatic carbocycles. The minimum absolute atomic E-state index is 0.0698. The molecule has 9 heteroatoms. The number of fused-ring (bicyclic) bond motifs is 1. The Labute approximate surface area is 171 Å². The van der Waals surface area contributed by atoms with Crippen LogP contribution < -0.4 is 11.2 Å². The number of esters is 1. The Hall–Kier alpha value is -2.29. The van der Waals surface area contributed by atoms with Crippen molar-refractivity contribution in [2.75, 3.05) is 13.2 Å². The van der Waals surface area contributed by atoms with Gasteiger partial charge >= 0.3 is 11.7 Å². The predicted octanol–water partition coefficient (Wildman–Crippen LogP) is 2.99. The molecular weight excluding hydrogens is 397 g/mol. The zero-order valence-corrected chi connectivity index (χ0v) is 18.0. The van der Waals surface area contributed by atoms with Crippen LogP contribution in [0.15, 0.2) is 14.6 Å². The van der Waals surface area contributed by atoms with Gasteiger partial charge in [-0.2, -0.15) is 0 Å². The molecule has 1 aliphatic rings. The maximum Gasteiger partial charge on any atom is 0.332 e. The van der Waals surface area contributed by atoms with E-state index in [9.17, 15) is 18.8 Å². The van der Waals surface area contributed by atoms with Crippen LogP contribution in [0.25, 0.3) is 10.2 Å². The van der Waals surface area contributed by atoms with E-state index in [4.69, 9.17) is 4.74 Å². The van der Waals surface area contributed by atoms with E-state index in [2.05, 4.69) is 4.99 Å². The SMILES string of the molecule is Cc1c(C=NCC(=O)OC(C)(C)C)sc2c1c(=O)n(C1CC1)c(=O)n2CCCF. The van der Waals surface area contributed by atoms with E-state index in [1.165, 1.54) is 26.7 Å². The largest absolute Gasteiger partial charge is 0.459 e. The molecular formula is C20H26FN3O4S. The monoisotopic (exact) mass is 423 g/mol. The maximum absolute atomic E-state index is 13.0. The third kappa shape index (κ3) is 4.66. The Balaban J connectivity index is 2.00. The van der Waals surface area contributed by atoms with E-state index < -0.39 is 18.2 Å². The highest BCUT2D eigenvalue weighted by Crippen LogP contribution is 2.34.